The third-order valence-corrected chi connectivity index (χ3v) is 4.19. The third-order valence-electron chi connectivity index (χ3n) is 4.19. The first-order valence-electron chi connectivity index (χ1n) is 7.27. The predicted molar refractivity (Wildman–Crippen MR) is 69.7 cm³/mol. The molecule has 0 atom stereocenters. The number of rotatable bonds is 7. The molecule has 0 aromatic carbocycles. The van der Waals surface area contributed by atoms with E-state index in [0.717, 1.165) is 12.0 Å². The maximum atomic E-state index is 3.58. The van der Waals surface area contributed by atoms with Gasteiger partial charge < -0.3 is 10.2 Å². The van der Waals surface area contributed by atoms with Crippen LogP contribution in [0.3, 0.4) is 0 Å². The number of hydrogen-bond donors (Lipinski definition) is 1. The molecule has 0 unspecified atom stereocenters. The van der Waals surface area contributed by atoms with Gasteiger partial charge in [0.1, 0.15) is 0 Å². The van der Waals surface area contributed by atoms with Crippen LogP contribution >= 0.6 is 0 Å². The van der Waals surface area contributed by atoms with Crippen molar-refractivity contribution in [2.75, 3.05) is 26.7 Å². The Bertz CT molecular complexity index is 183. The third kappa shape index (κ3) is 4.42. The average molecular weight is 224 g/mol. The van der Waals surface area contributed by atoms with Crippen LogP contribution in [0.1, 0.15) is 51.4 Å². The van der Waals surface area contributed by atoms with Gasteiger partial charge in [-0.3, -0.25) is 0 Å². The molecule has 94 valence electrons. The Morgan fingerprint density at radius 2 is 1.81 bits per heavy atom. The summed E-state index contributed by atoms with van der Waals surface area (Å²) < 4.78 is 0. The van der Waals surface area contributed by atoms with Gasteiger partial charge in [0, 0.05) is 6.04 Å². The van der Waals surface area contributed by atoms with E-state index in [1.807, 2.05) is 0 Å². The smallest absolute Gasteiger partial charge is 0.00922 e. The van der Waals surface area contributed by atoms with Crippen LogP contribution in [-0.4, -0.2) is 37.6 Å². The first kappa shape index (κ1) is 12.4. The lowest BCUT2D eigenvalue weighted by molar-refractivity contribution is 0.189. The highest BCUT2D eigenvalue weighted by Gasteiger charge is 2.20. The summed E-state index contributed by atoms with van der Waals surface area (Å²) in [6.07, 6.45) is 11.5. The van der Waals surface area contributed by atoms with E-state index in [9.17, 15) is 0 Å². The lowest BCUT2D eigenvalue weighted by Crippen LogP contribution is -2.35. The minimum absolute atomic E-state index is 0.886. The van der Waals surface area contributed by atoms with E-state index in [4.69, 9.17) is 0 Å². The van der Waals surface area contributed by atoms with Crippen molar-refractivity contribution in [3.63, 3.8) is 0 Å². The van der Waals surface area contributed by atoms with Crippen molar-refractivity contribution in [1.29, 1.82) is 0 Å². The zero-order chi connectivity index (χ0) is 11.2. The van der Waals surface area contributed by atoms with Crippen LogP contribution in [0.2, 0.25) is 0 Å². The zero-order valence-corrected chi connectivity index (χ0v) is 10.9. The fourth-order valence-corrected chi connectivity index (χ4v) is 2.79. The first-order valence-corrected chi connectivity index (χ1v) is 7.27. The molecule has 2 saturated carbocycles. The van der Waals surface area contributed by atoms with Crippen molar-refractivity contribution < 1.29 is 0 Å². The second kappa shape index (κ2) is 6.61. The molecule has 2 aliphatic rings. The minimum atomic E-state index is 0.886. The van der Waals surface area contributed by atoms with Gasteiger partial charge in [-0.05, 0) is 64.7 Å². The Morgan fingerprint density at radius 1 is 1.06 bits per heavy atom. The molecule has 0 bridgehead atoms. The van der Waals surface area contributed by atoms with Gasteiger partial charge in [0.05, 0.1) is 0 Å². The van der Waals surface area contributed by atoms with Crippen LogP contribution in [0.15, 0.2) is 0 Å². The fourth-order valence-electron chi connectivity index (χ4n) is 2.79. The lowest BCUT2D eigenvalue weighted by Gasteiger charge is -2.31. The maximum absolute atomic E-state index is 3.58. The molecule has 2 heteroatoms. The van der Waals surface area contributed by atoms with Crippen LogP contribution in [-0.2, 0) is 0 Å². The zero-order valence-electron chi connectivity index (χ0n) is 10.9. The van der Waals surface area contributed by atoms with Gasteiger partial charge in [-0.2, -0.15) is 0 Å². The highest BCUT2D eigenvalue weighted by atomic mass is 15.1. The topological polar surface area (TPSA) is 15.3 Å². The van der Waals surface area contributed by atoms with Gasteiger partial charge in [0.2, 0.25) is 0 Å². The van der Waals surface area contributed by atoms with Crippen LogP contribution in [0.25, 0.3) is 0 Å². The Balaban J connectivity index is 1.47. The van der Waals surface area contributed by atoms with Crippen molar-refractivity contribution in [1.82, 2.24) is 10.2 Å². The predicted octanol–water partition coefficient (Wildman–Crippen LogP) is 2.64. The summed E-state index contributed by atoms with van der Waals surface area (Å²) in [5, 5.41) is 3.58. The Kier molecular flexibility index (Phi) is 5.11. The Hall–Kier alpha value is -0.0800. The van der Waals surface area contributed by atoms with E-state index in [-0.39, 0.29) is 0 Å². The molecule has 1 N–H and O–H groups in total. The molecule has 2 rings (SSSR count). The minimum Gasteiger partial charge on any atom is -0.316 e. The highest BCUT2D eigenvalue weighted by molar-refractivity contribution is 4.76. The highest BCUT2D eigenvalue weighted by Crippen LogP contribution is 2.27. The van der Waals surface area contributed by atoms with Crippen molar-refractivity contribution in [3.8, 4) is 0 Å². The molecule has 0 radical (unpaired) electrons. The van der Waals surface area contributed by atoms with Gasteiger partial charge in [0.15, 0.2) is 0 Å². The number of hydrogen-bond acceptors (Lipinski definition) is 2. The van der Waals surface area contributed by atoms with E-state index in [1.54, 1.807) is 0 Å². The molecule has 0 aromatic heterocycles. The fraction of sp³-hybridized carbons (Fsp3) is 1.00. The second-order valence-corrected chi connectivity index (χ2v) is 5.77. The van der Waals surface area contributed by atoms with Crippen molar-refractivity contribution in [2.45, 2.75) is 57.4 Å². The van der Waals surface area contributed by atoms with E-state index in [2.05, 4.69) is 17.3 Å². The molecule has 2 nitrogen and oxygen atoms in total. The van der Waals surface area contributed by atoms with E-state index in [0.29, 0.717) is 0 Å². The van der Waals surface area contributed by atoms with Crippen molar-refractivity contribution in [3.05, 3.63) is 0 Å². The van der Waals surface area contributed by atoms with Gasteiger partial charge >= 0.3 is 0 Å². The molecular weight excluding hydrogens is 196 g/mol. The molecule has 0 aliphatic heterocycles. The molecule has 0 aromatic rings. The normalized spacial score (nSPS) is 22.9. The van der Waals surface area contributed by atoms with Crippen LogP contribution in [0.4, 0.5) is 0 Å². The molecule has 0 saturated heterocycles. The van der Waals surface area contributed by atoms with E-state index < -0.39 is 0 Å². The number of nitrogens with one attached hydrogen (secondary N) is 1. The molecule has 0 spiro atoms. The number of nitrogens with zero attached hydrogens (tertiary/aromatic N) is 1. The second-order valence-electron chi connectivity index (χ2n) is 5.77. The van der Waals surface area contributed by atoms with E-state index >= 15 is 0 Å². The van der Waals surface area contributed by atoms with E-state index in [1.165, 1.54) is 71.0 Å². The summed E-state index contributed by atoms with van der Waals surface area (Å²) in [5.41, 5.74) is 0. The summed E-state index contributed by atoms with van der Waals surface area (Å²) >= 11 is 0. The summed E-state index contributed by atoms with van der Waals surface area (Å²) in [4.78, 5) is 2.60. The molecule has 0 amide bonds. The largest absolute Gasteiger partial charge is 0.316 e. The summed E-state index contributed by atoms with van der Waals surface area (Å²) in [5.74, 6) is 1.02. The van der Waals surface area contributed by atoms with Crippen molar-refractivity contribution in [2.24, 2.45) is 5.92 Å². The van der Waals surface area contributed by atoms with Gasteiger partial charge in [0.25, 0.3) is 0 Å². The molecule has 2 fully saturated rings. The van der Waals surface area contributed by atoms with Crippen LogP contribution < -0.4 is 5.32 Å². The monoisotopic (exact) mass is 224 g/mol. The van der Waals surface area contributed by atoms with Crippen LogP contribution in [0, 0.1) is 5.92 Å². The molecule has 16 heavy (non-hydrogen) atoms. The molecular formula is C14H28N2. The van der Waals surface area contributed by atoms with Crippen LogP contribution in [0.5, 0.6) is 0 Å². The Labute approximate surface area is 101 Å². The van der Waals surface area contributed by atoms with Gasteiger partial charge in [-0.25, -0.2) is 0 Å². The quantitative estimate of drug-likeness (QED) is 0.669. The molecule has 2 aliphatic carbocycles. The first-order chi connectivity index (χ1) is 7.86. The van der Waals surface area contributed by atoms with Gasteiger partial charge in [-0.1, -0.05) is 19.3 Å². The van der Waals surface area contributed by atoms with Gasteiger partial charge in [-0.15, -0.1) is 0 Å². The summed E-state index contributed by atoms with van der Waals surface area (Å²) in [7, 11) is 2.32. The summed E-state index contributed by atoms with van der Waals surface area (Å²) in [6, 6.07) is 0.886. The Morgan fingerprint density at radius 3 is 2.50 bits per heavy atom. The van der Waals surface area contributed by atoms with Crippen molar-refractivity contribution >= 4 is 0 Å². The lowest BCUT2D eigenvalue weighted by atomic mass is 9.94. The summed E-state index contributed by atoms with van der Waals surface area (Å²) in [6.45, 7) is 3.77. The molecule has 0 heterocycles. The standard InChI is InChI=1S/C14H28N2/c1-16(14-6-3-2-4-7-14)11-5-10-15-12-13-8-9-13/h13-15H,2-12H2,1H3. The SMILES string of the molecule is CN(CCCNCC1CC1)C1CCCCC1. The maximum Gasteiger partial charge on any atom is 0.00922 e. The average Bonchev–Trinajstić information content (AvgIpc) is 3.13.